The standard InChI is InChI=1S/C23H24N.C14H13N.Sr/c1-3-18(4-2)16-19-11-13-20(14-12-19)21-8-7-9-22(17-21)23-10-5-6-15-24-23;1-10-9-11-5-4-8-14(15-11)13-7-3-2-6-12(10)13;/h5-8,10-15,17-18H,3-4,16H2,1-2H3;2-8,10H,9H2,1H3;/q-1;;+2/p+1. The first-order valence-corrected chi connectivity index (χ1v) is 14.3. The first kappa shape index (κ1) is 30.4. The molecule has 0 aliphatic carbocycles. The quantitative estimate of drug-likeness (QED) is 0.142. The molecule has 196 valence electrons. The number of aromatic amines is 1. The van der Waals surface area contributed by atoms with Crippen LogP contribution in [0.3, 0.4) is 0 Å². The molecule has 0 fully saturated rings. The van der Waals surface area contributed by atoms with Crippen LogP contribution in [-0.2, 0) is 12.8 Å². The first-order chi connectivity index (χ1) is 19.1. The van der Waals surface area contributed by atoms with Crippen molar-refractivity contribution in [2.24, 2.45) is 5.92 Å². The summed E-state index contributed by atoms with van der Waals surface area (Å²) in [6.07, 6.45) is 6.60. The van der Waals surface area contributed by atoms with E-state index in [1.54, 1.807) is 0 Å². The van der Waals surface area contributed by atoms with Gasteiger partial charge in [0.25, 0.3) is 0 Å². The summed E-state index contributed by atoms with van der Waals surface area (Å²) in [7, 11) is 0. The molecule has 0 saturated heterocycles. The molecule has 1 aliphatic heterocycles. The molecule has 1 N–H and O–H groups in total. The van der Waals surface area contributed by atoms with Crippen LogP contribution in [0.4, 0.5) is 0 Å². The third-order valence-corrected chi connectivity index (χ3v) is 7.87. The van der Waals surface area contributed by atoms with Gasteiger partial charge in [0.1, 0.15) is 0 Å². The molecule has 1 unspecified atom stereocenters. The van der Waals surface area contributed by atoms with Crippen LogP contribution >= 0.6 is 0 Å². The van der Waals surface area contributed by atoms with Crippen LogP contribution < -0.4 is 4.98 Å². The van der Waals surface area contributed by atoms with Crippen LogP contribution in [0, 0.1) is 12.0 Å². The normalized spacial score (nSPS) is 13.3. The van der Waals surface area contributed by atoms with Crippen molar-refractivity contribution in [3.05, 3.63) is 132 Å². The van der Waals surface area contributed by atoms with E-state index < -0.39 is 0 Å². The Morgan fingerprint density at radius 1 is 0.850 bits per heavy atom. The molecule has 2 aromatic heterocycles. The number of nitrogens with one attached hydrogen (secondary N) is 1. The zero-order chi connectivity index (χ0) is 27.0. The summed E-state index contributed by atoms with van der Waals surface area (Å²) < 4.78 is 0. The van der Waals surface area contributed by atoms with Crippen molar-refractivity contribution >= 4 is 45.5 Å². The van der Waals surface area contributed by atoms with Gasteiger partial charge in [0.05, 0.1) is 0 Å². The number of rotatable bonds is 6. The second kappa shape index (κ2) is 14.9. The van der Waals surface area contributed by atoms with Crippen LogP contribution in [0.25, 0.3) is 33.6 Å². The molecule has 0 amide bonds. The van der Waals surface area contributed by atoms with Gasteiger partial charge >= 0.3 is 45.5 Å². The fourth-order valence-electron chi connectivity index (χ4n) is 5.46. The maximum absolute atomic E-state index is 4.42. The summed E-state index contributed by atoms with van der Waals surface area (Å²) >= 11 is 0. The Morgan fingerprint density at radius 2 is 1.62 bits per heavy atom. The number of aromatic nitrogens is 2. The number of hydrogen-bond donors (Lipinski definition) is 0. The molecule has 5 aromatic rings. The van der Waals surface area contributed by atoms with E-state index in [1.165, 1.54) is 58.5 Å². The summed E-state index contributed by atoms with van der Waals surface area (Å²) in [5.41, 5.74) is 11.3. The monoisotopic (exact) mass is 598 g/mol. The van der Waals surface area contributed by atoms with Crippen molar-refractivity contribution in [2.45, 2.75) is 52.4 Å². The maximum Gasteiger partial charge on any atom is 2.00 e. The van der Waals surface area contributed by atoms with Crippen LogP contribution in [0.1, 0.15) is 56.4 Å². The number of benzene rings is 3. The van der Waals surface area contributed by atoms with E-state index in [4.69, 9.17) is 0 Å². The average Bonchev–Trinajstić information content (AvgIpc) is 3.10. The fraction of sp³-hybridized carbons (Fsp3) is 0.243. The molecule has 0 spiro atoms. The maximum atomic E-state index is 4.42. The summed E-state index contributed by atoms with van der Waals surface area (Å²) in [4.78, 5) is 7.91. The zero-order valence-electron chi connectivity index (χ0n) is 24.0. The molecule has 3 heterocycles. The molecule has 0 saturated carbocycles. The fourth-order valence-corrected chi connectivity index (χ4v) is 5.46. The Morgan fingerprint density at radius 3 is 2.38 bits per heavy atom. The van der Waals surface area contributed by atoms with Crippen LogP contribution in [0.5, 0.6) is 0 Å². The largest absolute Gasteiger partial charge is 2.00 e. The van der Waals surface area contributed by atoms with Crippen molar-refractivity contribution in [1.82, 2.24) is 4.98 Å². The van der Waals surface area contributed by atoms with E-state index in [2.05, 4.69) is 116 Å². The number of hydrogen-bond acceptors (Lipinski definition) is 1. The van der Waals surface area contributed by atoms with E-state index >= 15 is 0 Å². The van der Waals surface area contributed by atoms with Gasteiger partial charge in [-0.25, -0.2) is 4.98 Å². The van der Waals surface area contributed by atoms with Crippen molar-refractivity contribution < 1.29 is 4.98 Å². The van der Waals surface area contributed by atoms with E-state index in [1.807, 2.05) is 30.5 Å². The molecule has 1 aliphatic rings. The number of pyridine rings is 2. The number of fused-ring (bicyclic) bond motifs is 4. The van der Waals surface area contributed by atoms with Crippen molar-refractivity contribution in [3.8, 4) is 33.6 Å². The van der Waals surface area contributed by atoms with Crippen molar-refractivity contribution in [2.75, 3.05) is 0 Å². The van der Waals surface area contributed by atoms with Gasteiger partial charge < -0.3 is 4.98 Å². The summed E-state index contributed by atoms with van der Waals surface area (Å²) in [5.74, 6) is 1.38. The molecule has 40 heavy (non-hydrogen) atoms. The third-order valence-electron chi connectivity index (χ3n) is 7.87. The first-order valence-electron chi connectivity index (χ1n) is 14.3. The molecule has 2 bridgehead atoms. The minimum atomic E-state index is 0. The smallest absolute Gasteiger partial charge is 0.305 e. The van der Waals surface area contributed by atoms with Gasteiger partial charge in [0.2, 0.25) is 5.69 Å². The third kappa shape index (κ3) is 7.59. The summed E-state index contributed by atoms with van der Waals surface area (Å²) in [6, 6.07) is 39.7. The van der Waals surface area contributed by atoms with Gasteiger partial charge in [0.15, 0.2) is 5.69 Å². The predicted octanol–water partition coefficient (Wildman–Crippen LogP) is 8.64. The Balaban J connectivity index is 0.000000198. The second-order valence-corrected chi connectivity index (χ2v) is 10.6. The molecule has 3 heteroatoms. The average molecular weight is 598 g/mol. The van der Waals surface area contributed by atoms with E-state index in [-0.39, 0.29) is 45.5 Å². The van der Waals surface area contributed by atoms with Crippen LogP contribution in [-0.4, -0.2) is 50.5 Å². The van der Waals surface area contributed by atoms with Gasteiger partial charge in [-0.15, -0.1) is 35.4 Å². The van der Waals surface area contributed by atoms with E-state index in [9.17, 15) is 0 Å². The number of nitrogens with zero attached hydrogens (tertiary/aromatic N) is 1. The molecular weight excluding hydrogens is 560 g/mol. The Bertz CT molecular complexity index is 1490. The van der Waals surface area contributed by atoms with Gasteiger partial charge in [-0.1, -0.05) is 88.2 Å². The van der Waals surface area contributed by atoms with Crippen molar-refractivity contribution in [1.29, 1.82) is 0 Å². The Hall–Kier alpha value is -2.56. The van der Waals surface area contributed by atoms with Gasteiger partial charge in [-0.05, 0) is 58.8 Å². The van der Waals surface area contributed by atoms with Gasteiger partial charge in [-0.3, -0.25) is 0 Å². The minimum absolute atomic E-state index is 0. The summed E-state index contributed by atoms with van der Waals surface area (Å²) in [6.45, 7) is 6.85. The van der Waals surface area contributed by atoms with E-state index in [0.717, 1.165) is 23.6 Å². The Kier molecular flexibility index (Phi) is 11.3. The SMILES string of the molecule is CC1Cc2cccc([nH+]2)-c2ccccc21.CCC(CC)Cc1ccc(-c2cc[c-]c(-c3ccccn3)c2)cc1.[Sr+2]. The molecule has 2 nitrogen and oxygen atoms in total. The topological polar surface area (TPSA) is 27.0 Å². The Labute approximate surface area is 277 Å². The van der Waals surface area contributed by atoms with Gasteiger partial charge in [0, 0.05) is 30.3 Å². The van der Waals surface area contributed by atoms with Crippen molar-refractivity contribution in [3.63, 3.8) is 0 Å². The predicted molar refractivity (Wildman–Crippen MR) is 168 cm³/mol. The number of H-pyrrole nitrogens is 1. The molecule has 0 radical (unpaired) electrons. The molecule has 6 rings (SSSR count). The minimum Gasteiger partial charge on any atom is -0.305 e. The molecular formula is C37H38N2Sr+2. The van der Waals surface area contributed by atoms with Crippen LogP contribution in [0.15, 0.2) is 109 Å². The van der Waals surface area contributed by atoms with Crippen LogP contribution in [0.2, 0.25) is 0 Å². The second-order valence-electron chi connectivity index (χ2n) is 10.6. The van der Waals surface area contributed by atoms with Gasteiger partial charge in [-0.2, -0.15) is 0 Å². The van der Waals surface area contributed by atoms with E-state index in [0.29, 0.717) is 5.92 Å². The molecule has 1 atom stereocenters. The zero-order valence-corrected chi connectivity index (χ0v) is 27.5. The summed E-state index contributed by atoms with van der Waals surface area (Å²) in [5, 5.41) is 0. The molecule has 3 aromatic carbocycles.